The minimum absolute atomic E-state index is 0.180. The number of ether oxygens (including phenoxy) is 1. The number of carbonyl (C=O) groups excluding carboxylic acids is 1. The molecule has 1 atom stereocenters. The summed E-state index contributed by atoms with van der Waals surface area (Å²) in [6.07, 6.45) is 1.86. The summed E-state index contributed by atoms with van der Waals surface area (Å²) in [5, 5.41) is 0. The fourth-order valence-corrected chi connectivity index (χ4v) is 1.95. The van der Waals surface area contributed by atoms with Gasteiger partial charge in [-0.25, -0.2) is 4.79 Å². The van der Waals surface area contributed by atoms with Crippen molar-refractivity contribution in [2.24, 2.45) is 0 Å². The monoisotopic (exact) mass is 247 g/mol. The molecule has 1 unspecified atom stereocenters. The van der Waals surface area contributed by atoms with E-state index in [2.05, 4.69) is 12.1 Å². The van der Waals surface area contributed by atoms with Crippen molar-refractivity contribution in [1.82, 2.24) is 4.90 Å². The Kier molecular flexibility index (Phi) is 3.60. The summed E-state index contributed by atoms with van der Waals surface area (Å²) < 4.78 is 5.33. The molecule has 0 saturated carbocycles. The molecule has 98 valence electrons. The summed E-state index contributed by atoms with van der Waals surface area (Å²) in [4.78, 5) is 13.5. The molecule has 1 aromatic carbocycles. The quantitative estimate of drug-likeness (QED) is 0.767. The van der Waals surface area contributed by atoms with Gasteiger partial charge in [0.2, 0.25) is 0 Å². The zero-order chi connectivity index (χ0) is 13.2. The summed E-state index contributed by atoms with van der Waals surface area (Å²) in [6, 6.07) is 10.7. The zero-order valence-corrected chi connectivity index (χ0v) is 11.3. The number of rotatable bonds is 3. The molecule has 0 aliphatic carbocycles. The van der Waals surface area contributed by atoms with Crippen LogP contribution in [0.2, 0.25) is 0 Å². The lowest BCUT2D eigenvalue weighted by molar-refractivity contribution is 0.0405. The molecule has 3 heteroatoms. The predicted octanol–water partition coefficient (Wildman–Crippen LogP) is 3.24. The van der Waals surface area contributed by atoms with Gasteiger partial charge in [-0.2, -0.15) is 0 Å². The van der Waals surface area contributed by atoms with Gasteiger partial charge >= 0.3 is 6.09 Å². The van der Waals surface area contributed by atoms with Gasteiger partial charge in [-0.1, -0.05) is 30.3 Å². The SMILES string of the molecule is CC(C)(C)OC(=O)N1CC1CCc1ccccc1. The van der Waals surface area contributed by atoms with E-state index in [1.165, 1.54) is 5.56 Å². The fourth-order valence-electron chi connectivity index (χ4n) is 1.95. The van der Waals surface area contributed by atoms with E-state index in [1.54, 1.807) is 4.90 Å². The molecule has 0 spiro atoms. The van der Waals surface area contributed by atoms with E-state index in [4.69, 9.17) is 4.74 Å². The minimum atomic E-state index is -0.399. The number of hydrogen-bond acceptors (Lipinski definition) is 2. The Morgan fingerprint density at radius 2 is 2.00 bits per heavy atom. The maximum Gasteiger partial charge on any atom is 0.410 e. The number of hydrogen-bond donors (Lipinski definition) is 0. The first-order valence-electron chi connectivity index (χ1n) is 6.49. The maximum absolute atomic E-state index is 11.7. The van der Waals surface area contributed by atoms with Gasteiger partial charge in [-0.05, 0) is 39.2 Å². The first-order valence-corrected chi connectivity index (χ1v) is 6.49. The number of benzene rings is 1. The van der Waals surface area contributed by atoms with Crippen LogP contribution < -0.4 is 0 Å². The van der Waals surface area contributed by atoms with Crippen molar-refractivity contribution in [3.63, 3.8) is 0 Å². The molecule has 1 fully saturated rings. The molecule has 1 aliphatic rings. The van der Waals surface area contributed by atoms with Gasteiger partial charge in [0.25, 0.3) is 0 Å². The Bertz CT molecular complexity index is 408. The molecule has 1 heterocycles. The van der Waals surface area contributed by atoms with Gasteiger partial charge < -0.3 is 9.64 Å². The van der Waals surface area contributed by atoms with Crippen molar-refractivity contribution in [2.45, 2.75) is 45.3 Å². The lowest BCUT2D eigenvalue weighted by Gasteiger charge is -2.19. The lowest BCUT2D eigenvalue weighted by atomic mass is 10.1. The third-order valence-electron chi connectivity index (χ3n) is 2.95. The van der Waals surface area contributed by atoms with Crippen LogP contribution in [-0.4, -0.2) is 29.2 Å². The van der Waals surface area contributed by atoms with E-state index in [0.29, 0.717) is 6.04 Å². The van der Waals surface area contributed by atoms with Gasteiger partial charge in [0, 0.05) is 6.54 Å². The van der Waals surface area contributed by atoms with Crippen LogP contribution in [0.4, 0.5) is 4.79 Å². The van der Waals surface area contributed by atoms with Crippen LogP contribution in [0.15, 0.2) is 30.3 Å². The number of carbonyl (C=O) groups is 1. The van der Waals surface area contributed by atoms with Crippen LogP contribution in [0.25, 0.3) is 0 Å². The van der Waals surface area contributed by atoms with Gasteiger partial charge in [0.05, 0.1) is 6.04 Å². The summed E-state index contributed by atoms with van der Waals surface area (Å²) in [5.74, 6) is 0. The molecular weight excluding hydrogens is 226 g/mol. The number of amides is 1. The maximum atomic E-state index is 11.7. The predicted molar refractivity (Wildman–Crippen MR) is 71.5 cm³/mol. The van der Waals surface area contributed by atoms with E-state index in [0.717, 1.165) is 19.4 Å². The first kappa shape index (κ1) is 12.9. The third kappa shape index (κ3) is 3.76. The molecule has 1 aromatic rings. The van der Waals surface area contributed by atoms with Crippen LogP contribution in [0.1, 0.15) is 32.8 Å². The molecule has 0 bridgehead atoms. The summed E-state index contributed by atoms with van der Waals surface area (Å²) in [5.41, 5.74) is 0.928. The van der Waals surface area contributed by atoms with E-state index >= 15 is 0 Å². The van der Waals surface area contributed by atoms with Crippen LogP contribution in [-0.2, 0) is 11.2 Å². The Hall–Kier alpha value is -1.51. The highest BCUT2D eigenvalue weighted by Gasteiger charge is 2.40. The van der Waals surface area contributed by atoms with Crippen molar-refractivity contribution in [2.75, 3.05) is 6.54 Å². The smallest absolute Gasteiger partial charge is 0.410 e. The van der Waals surface area contributed by atoms with Crippen molar-refractivity contribution in [3.05, 3.63) is 35.9 Å². The molecule has 1 amide bonds. The van der Waals surface area contributed by atoms with Crippen molar-refractivity contribution < 1.29 is 9.53 Å². The summed E-state index contributed by atoms with van der Waals surface area (Å²) in [6.45, 7) is 6.52. The molecule has 18 heavy (non-hydrogen) atoms. The van der Waals surface area contributed by atoms with Crippen molar-refractivity contribution >= 4 is 6.09 Å². The van der Waals surface area contributed by atoms with Crippen LogP contribution in [0.3, 0.4) is 0 Å². The van der Waals surface area contributed by atoms with Gasteiger partial charge in [0.15, 0.2) is 0 Å². The summed E-state index contributed by atoms with van der Waals surface area (Å²) in [7, 11) is 0. The molecule has 1 saturated heterocycles. The highest BCUT2D eigenvalue weighted by Crippen LogP contribution is 2.25. The van der Waals surface area contributed by atoms with Crippen LogP contribution in [0, 0.1) is 0 Å². The standard InChI is InChI=1S/C15H21NO2/c1-15(2,3)18-14(17)16-11-13(16)10-9-12-7-5-4-6-8-12/h4-8,13H,9-11H2,1-3H3. The molecule has 2 rings (SSSR count). The second-order valence-electron chi connectivity index (χ2n) is 5.81. The third-order valence-corrected chi connectivity index (χ3v) is 2.95. The molecule has 1 aliphatic heterocycles. The van der Waals surface area contributed by atoms with E-state index in [-0.39, 0.29) is 6.09 Å². The average molecular weight is 247 g/mol. The largest absolute Gasteiger partial charge is 0.444 e. The number of nitrogens with zero attached hydrogens (tertiary/aromatic N) is 1. The second-order valence-corrected chi connectivity index (χ2v) is 5.81. The first-order chi connectivity index (χ1) is 8.46. The van der Waals surface area contributed by atoms with E-state index in [1.807, 2.05) is 39.0 Å². The molecule has 3 nitrogen and oxygen atoms in total. The van der Waals surface area contributed by atoms with E-state index < -0.39 is 5.60 Å². The number of aryl methyl sites for hydroxylation is 1. The molecule has 0 aromatic heterocycles. The van der Waals surface area contributed by atoms with Gasteiger partial charge in [-0.15, -0.1) is 0 Å². The van der Waals surface area contributed by atoms with Crippen molar-refractivity contribution in [1.29, 1.82) is 0 Å². The van der Waals surface area contributed by atoms with Crippen LogP contribution >= 0.6 is 0 Å². The van der Waals surface area contributed by atoms with Gasteiger partial charge in [0.1, 0.15) is 5.60 Å². The minimum Gasteiger partial charge on any atom is -0.444 e. The molecule has 0 radical (unpaired) electrons. The van der Waals surface area contributed by atoms with E-state index in [9.17, 15) is 4.79 Å². The summed E-state index contributed by atoms with van der Waals surface area (Å²) >= 11 is 0. The molecular formula is C15H21NO2. The van der Waals surface area contributed by atoms with Crippen LogP contribution in [0.5, 0.6) is 0 Å². The van der Waals surface area contributed by atoms with Crippen molar-refractivity contribution in [3.8, 4) is 0 Å². The highest BCUT2D eigenvalue weighted by atomic mass is 16.6. The zero-order valence-electron chi connectivity index (χ0n) is 11.3. The van der Waals surface area contributed by atoms with Gasteiger partial charge in [-0.3, -0.25) is 0 Å². The Morgan fingerprint density at radius 1 is 1.33 bits per heavy atom. The fraction of sp³-hybridized carbons (Fsp3) is 0.533. The average Bonchev–Trinajstić information content (AvgIpc) is 3.05. The Labute approximate surface area is 109 Å². The normalized spacial score (nSPS) is 18.6. The Morgan fingerprint density at radius 3 is 2.61 bits per heavy atom. The lowest BCUT2D eigenvalue weighted by Crippen LogP contribution is -2.27. The second kappa shape index (κ2) is 5.01. The molecule has 0 N–H and O–H groups in total. The topological polar surface area (TPSA) is 29.3 Å². The highest BCUT2D eigenvalue weighted by molar-refractivity contribution is 5.71. The Balaban J connectivity index is 1.74.